The lowest BCUT2D eigenvalue weighted by Gasteiger charge is -2.22. The van der Waals surface area contributed by atoms with Crippen molar-refractivity contribution in [3.8, 4) is 0 Å². The van der Waals surface area contributed by atoms with E-state index in [1.807, 2.05) is 18.7 Å². The van der Waals surface area contributed by atoms with E-state index in [1.54, 1.807) is 19.1 Å². The molecule has 1 aliphatic heterocycles. The van der Waals surface area contributed by atoms with Gasteiger partial charge in [0.1, 0.15) is 0 Å². The maximum atomic E-state index is 12.4. The van der Waals surface area contributed by atoms with Gasteiger partial charge in [0.15, 0.2) is 0 Å². The second-order valence-electron chi connectivity index (χ2n) is 5.38. The van der Waals surface area contributed by atoms with E-state index in [-0.39, 0.29) is 0 Å². The van der Waals surface area contributed by atoms with Gasteiger partial charge in [-0.1, -0.05) is 0 Å². The van der Waals surface area contributed by atoms with Crippen LogP contribution in [0.4, 0.5) is 5.69 Å². The molecule has 0 unspecified atom stereocenters. The molecule has 1 aromatic rings. The van der Waals surface area contributed by atoms with Gasteiger partial charge >= 0.3 is 0 Å². The molecule has 112 valence electrons. The van der Waals surface area contributed by atoms with Crippen molar-refractivity contribution in [2.75, 3.05) is 23.8 Å². The highest BCUT2D eigenvalue weighted by Crippen LogP contribution is 2.25. The maximum Gasteiger partial charge on any atom is 0.240 e. The highest BCUT2D eigenvalue weighted by atomic mass is 32.2. The number of anilines is 1. The molecule has 1 aromatic carbocycles. The fourth-order valence-corrected chi connectivity index (χ4v) is 5.06. The maximum absolute atomic E-state index is 12.4. The first-order valence-corrected chi connectivity index (χ1v) is 9.48. The van der Waals surface area contributed by atoms with Gasteiger partial charge in [0, 0.05) is 12.2 Å². The van der Waals surface area contributed by atoms with Gasteiger partial charge in [-0.25, -0.2) is 13.1 Å². The van der Waals surface area contributed by atoms with Crippen molar-refractivity contribution in [3.05, 3.63) is 23.3 Å². The van der Waals surface area contributed by atoms with Crippen molar-refractivity contribution in [1.29, 1.82) is 0 Å². The Morgan fingerprint density at radius 3 is 2.60 bits per heavy atom. The second kappa shape index (κ2) is 6.37. The summed E-state index contributed by atoms with van der Waals surface area (Å²) in [5.74, 6) is 2.71. The minimum Gasteiger partial charge on any atom is -0.398 e. The largest absolute Gasteiger partial charge is 0.398 e. The summed E-state index contributed by atoms with van der Waals surface area (Å²) in [7, 11) is -3.47. The van der Waals surface area contributed by atoms with Crippen LogP contribution < -0.4 is 10.5 Å². The van der Waals surface area contributed by atoms with Crippen LogP contribution in [0.1, 0.15) is 24.0 Å². The van der Waals surface area contributed by atoms with Gasteiger partial charge in [0.05, 0.1) is 4.90 Å². The summed E-state index contributed by atoms with van der Waals surface area (Å²) in [6.45, 7) is 4.13. The van der Waals surface area contributed by atoms with Crippen LogP contribution in [0.15, 0.2) is 17.0 Å². The topological polar surface area (TPSA) is 72.2 Å². The van der Waals surface area contributed by atoms with Crippen LogP contribution >= 0.6 is 11.8 Å². The predicted octanol–water partition coefficient (Wildman–Crippen LogP) is 2.31. The van der Waals surface area contributed by atoms with E-state index < -0.39 is 10.0 Å². The van der Waals surface area contributed by atoms with Crippen LogP contribution in [0.3, 0.4) is 0 Å². The summed E-state index contributed by atoms with van der Waals surface area (Å²) in [6, 6.07) is 3.48. The van der Waals surface area contributed by atoms with Crippen molar-refractivity contribution >= 4 is 27.5 Å². The first kappa shape index (κ1) is 15.7. The fraction of sp³-hybridized carbons (Fsp3) is 0.571. The van der Waals surface area contributed by atoms with E-state index in [9.17, 15) is 8.42 Å². The number of nitrogen functional groups attached to an aromatic ring is 1. The number of rotatable bonds is 4. The van der Waals surface area contributed by atoms with Crippen molar-refractivity contribution in [1.82, 2.24) is 4.72 Å². The average Bonchev–Trinajstić information content (AvgIpc) is 2.42. The fourth-order valence-electron chi connectivity index (χ4n) is 2.39. The standard InChI is InChI=1S/C14H22N2O2S2/c1-10-7-13(15)11(2)14(8-10)20(17,18)16-9-12-3-5-19-6-4-12/h7-8,12,16H,3-6,9,15H2,1-2H3. The van der Waals surface area contributed by atoms with Gasteiger partial charge in [0.2, 0.25) is 10.0 Å². The Balaban J connectivity index is 2.14. The summed E-state index contributed by atoms with van der Waals surface area (Å²) >= 11 is 1.94. The zero-order valence-corrected chi connectivity index (χ0v) is 13.6. The third-order valence-corrected chi connectivity index (χ3v) is 6.34. The zero-order chi connectivity index (χ0) is 14.8. The van der Waals surface area contributed by atoms with Gasteiger partial charge in [0.25, 0.3) is 0 Å². The van der Waals surface area contributed by atoms with Gasteiger partial charge < -0.3 is 5.73 Å². The van der Waals surface area contributed by atoms with Crippen LogP contribution in [-0.2, 0) is 10.0 Å². The molecule has 0 amide bonds. The number of nitrogens with two attached hydrogens (primary N) is 1. The van der Waals surface area contributed by atoms with Crippen LogP contribution in [0.5, 0.6) is 0 Å². The Morgan fingerprint density at radius 1 is 1.30 bits per heavy atom. The molecule has 0 spiro atoms. The molecular weight excluding hydrogens is 292 g/mol. The van der Waals surface area contributed by atoms with Crippen LogP contribution in [-0.4, -0.2) is 26.5 Å². The molecule has 0 radical (unpaired) electrons. The van der Waals surface area contributed by atoms with E-state index in [0.29, 0.717) is 28.6 Å². The van der Waals surface area contributed by atoms with Crippen LogP contribution in [0, 0.1) is 19.8 Å². The second-order valence-corrected chi connectivity index (χ2v) is 8.35. The summed E-state index contributed by atoms with van der Waals surface area (Å²) in [5.41, 5.74) is 7.88. The van der Waals surface area contributed by atoms with Crippen molar-refractivity contribution in [2.45, 2.75) is 31.6 Å². The summed E-state index contributed by atoms with van der Waals surface area (Å²) < 4.78 is 27.6. The molecule has 0 aliphatic carbocycles. The number of nitrogens with one attached hydrogen (secondary N) is 1. The Kier molecular flexibility index (Phi) is 4.99. The van der Waals surface area contributed by atoms with E-state index in [4.69, 9.17) is 5.73 Å². The molecule has 0 saturated carbocycles. The zero-order valence-electron chi connectivity index (χ0n) is 12.0. The number of benzene rings is 1. The van der Waals surface area contributed by atoms with Crippen molar-refractivity contribution in [3.63, 3.8) is 0 Å². The minimum atomic E-state index is -3.47. The molecule has 2 rings (SSSR count). The van der Waals surface area contributed by atoms with E-state index in [0.717, 1.165) is 29.9 Å². The number of hydrogen-bond acceptors (Lipinski definition) is 4. The SMILES string of the molecule is Cc1cc(N)c(C)c(S(=O)(=O)NCC2CCSCC2)c1. The Labute approximate surface area is 125 Å². The number of hydrogen-bond donors (Lipinski definition) is 2. The normalized spacial score (nSPS) is 17.3. The first-order valence-electron chi connectivity index (χ1n) is 6.84. The van der Waals surface area contributed by atoms with Crippen LogP contribution in [0.25, 0.3) is 0 Å². The van der Waals surface area contributed by atoms with Gasteiger partial charge in [-0.15, -0.1) is 0 Å². The molecule has 1 heterocycles. The summed E-state index contributed by atoms with van der Waals surface area (Å²) in [6.07, 6.45) is 2.17. The summed E-state index contributed by atoms with van der Waals surface area (Å²) in [5, 5.41) is 0. The molecule has 1 saturated heterocycles. The lowest BCUT2D eigenvalue weighted by molar-refractivity contribution is 0.476. The third kappa shape index (κ3) is 3.68. The number of thioether (sulfide) groups is 1. The number of aryl methyl sites for hydroxylation is 1. The monoisotopic (exact) mass is 314 g/mol. The molecule has 20 heavy (non-hydrogen) atoms. The van der Waals surface area contributed by atoms with Gasteiger partial charge in [-0.2, -0.15) is 11.8 Å². The first-order chi connectivity index (χ1) is 9.40. The quantitative estimate of drug-likeness (QED) is 0.837. The molecule has 6 heteroatoms. The van der Waals surface area contributed by atoms with Crippen molar-refractivity contribution in [2.24, 2.45) is 5.92 Å². The van der Waals surface area contributed by atoms with Gasteiger partial charge in [-0.3, -0.25) is 0 Å². The molecule has 4 nitrogen and oxygen atoms in total. The van der Waals surface area contributed by atoms with Gasteiger partial charge in [-0.05, 0) is 67.4 Å². The highest BCUT2D eigenvalue weighted by Gasteiger charge is 2.21. The lowest BCUT2D eigenvalue weighted by atomic mass is 10.0. The molecule has 1 fully saturated rings. The smallest absolute Gasteiger partial charge is 0.240 e. The minimum absolute atomic E-state index is 0.306. The predicted molar refractivity (Wildman–Crippen MR) is 85.6 cm³/mol. The molecular formula is C14H22N2O2S2. The Hall–Kier alpha value is -0.720. The van der Waals surface area contributed by atoms with E-state index in [2.05, 4.69) is 4.72 Å². The van der Waals surface area contributed by atoms with Crippen LogP contribution in [0.2, 0.25) is 0 Å². The highest BCUT2D eigenvalue weighted by molar-refractivity contribution is 7.99. The van der Waals surface area contributed by atoms with E-state index >= 15 is 0 Å². The van der Waals surface area contributed by atoms with E-state index in [1.165, 1.54) is 0 Å². The Morgan fingerprint density at radius 2 is 1.95 bits per heavy atom. The lowest BCUT2D eigenvalue weighted by Crippen LogP contribution is -2.31. The number of sulfonamides is 1. The van der Waals surface area contributed by atoms with Crippen molar-refractivity contribution < 1.29 is 8.42 Å². The summed E-state index contributed by atoms with van der Waals surface area (Å²) in [4.78, 5) is 0.306. The molecule has 3 N–H and O–H groups in total. The molecule has 0 aromatic heterocycles. The Bertz CT molecular complexity index is 579. The molecule has 0 bridgehead atoms. The third-order valence-electron chi connectivity index (χ3n) is 3.74. The average molecular weight is 314 g/mol. The molecule has 0 atom stereocenters. The molecule has 1 aliphatic rings.